The van der Waals surface area contributed by atoms with Crippen LogP contribution in [0.5, 0.6) is 5.75 Å². The Bertz CT molecular complexity index is 1430. The van der Waals surface area contributed by atoms with Gasteiger partial charge in [-0.3, -0.25) is 0 Å². The third-order valence-electron chi connectivity index (χ3n) is 5.85. The molecule has 0 radical (unpaired) electrons. The first kappa shape index (κ1) is 29.9. The Morgan fingerprint density at radius 3 is 1.67 bits per heavy atom. The number of methoxy groups -OCH3 is 1. The van der Waals surface area contributed by atoms with Crippen LogP contribution >= 0.6 is 0 Å². The van der Waals surface area contributed by atoms with E-state index in [1.807, 2.05) is 0 Å². The van der Waals surface area contributed by atoms with Gasteiger partial charge >= 0.3 is 6.09 Å². The van der Waals surface area contributed by atoms with E-state index >= 15 is 0 Å². The van der Waals surface area contributed by atoms with Gasteiger partial charge in [-0.25, -0.2) is 21.6 Å². The van der Waals surface area contributed by atoms with Crippen molar-refractivity contribution in [3.05, 3.63) is 90.5 Å². The predicted molar refractivity (Wildman–Crippen MR) is 146 cm³/mol. The SMILES string of the molecule is COc1ccc([C@](C=O)(CC(S(=O)(=O)c2ccccc2)S(=O)(=O)c2ccccc2)NC(=O)OC(C)(C)C)cc1. The molecule has 0 spiro atoms. The van der Waals surface area contributed by atoms with Crippen molar-refractivity contribution in [3.63, 3.8) is 0 Å². The molecule has 0 aliphatic heterocycles. The summed E-state index contributed by atoms with van der Waals surface area (Å²) in [6.07, 6.45) is -1.54. The second-order valence-electron chi connectivity index (χ2n) is 9.79. The quantitative estimate of drug-likeness (QED) is 0.356. The number of hydrogen-bond acceptors (Lipinski definition) is 8. The highest BCUT2D eigenvalue weighted by Crippen LogP contribution is 2.36. The molecule has 3 rings (SSSR count). The fourth-order valence-corrected chi connectivity index (χ4v) is 8.58. The molecule has 1 N–H and O–H groups in total. The molecule has 11 heteroatoms. The topological polar surface area (TPSA) is 133 Å². The first-order valence-corrected chi connectivity index (χ1v) is 15.0. The van der Waals surface area contributed by atoms with E-state index in [0.717, 1.165) is 0 Å². The third-order valence-corrected chi connectivity index (χ3v) is 11.0. The number of amides is 1. The first-order valence-electron chi connectivity index (χ1n) is 11.9. The van der Waals surface area contributed by atoms with Gasteiger partial charge in [0.15, 0.2) is 24.3 Å². The number of ether oxygens (including phenoxy) is 2. The summed E-state index contributed by atoms with van der Waals surface area (Å²) in [6.45, 7) is 4.85. The molecule has 0 aliphatic carbocycles. The molecule has 39 heavy (non-hydrogen) atoms. The maximum atomic E-state index is 13.9. The lowest BCUT2D eigenvalue weighted by Gasteiger charge is -2.34. The number of rotatable bonds is 10. The molecule has 0 saturated carbocycles. The van der Waals surface area contributed by atoms with E-state index < -0.39 is 47.9 Å². The average Bonchev–Trinajstić information content (AvgIpc) is 2.91. The molecule has 0 fully saturated rings. The second kappa shape index (κ2) is 11.6. The predicted octanol–water partition coefficient (Wildman–Crippen LogP) is 4.28. The molecular weight excluding hydrogens is 542 g/mol. The highest BCUT2D eigenvalue weighted by Gasteiger charge is 2.48. The van der Waals surface area contributed by atoms with Gasteiger partial charge < -0.3 is 19.6 Å². The van der Waals surface area contributed by atoms with E-state index in [2.05, 4.69) is 5.32 Å². The van der Waals surface area contributed by atoms with Crippen LogP contribution in [-0.4, -0.2) is 46.5 Å². The summed E-state index contributed by atoms with van der Waals surface area (Å²) in [7, 11) is -7.77. The zero-order chi connectivity index (χ0) is 28.9. The molecule has 208 valence electrons. The summed E-state index contributed by atoms with van der Waals surface area (Å²) in [5.74, 6) is 0.432. The Labute approximate surface area is 229 Å². The Balaban J connectivity index is 2.26. The van der Waals surface area contributed by atoms with Crippen LogP contribution in [0.15, 0.2) is 94.7 Å². The number of alkyl carbamates (subject to hydrolysis) is 1. The fraction of sp³-hybridized carbons (Fsp3) is 0.286. The van der Waals surface area contributed by atoms with Gasteiger partial charge in [-0.15, -0.1) is 0 Å². The summed E-state index contributed by atoms with van der Waals surface area (Å²) in [5.41, 5.74) is -2.92. The van der Waals surface area contributed by atoms with Crippen molar-refractivity contribution >= 4 is 32.1 Å². The average molecular weight is 574 g/mol. The molecule has 0 unspecified atom stereocenters. The Morgan fingerprint density at radius 1 is 0.821 bits per heavy atom. The summed E-state index contributed by atoms with van der Waals surface area (Å²) in [5, 5.41) is 2.47. The van der Waals surface area contributed by atoms with Crippen LogP contribution in [0.1, 0.15) is 32.8 Å². The number of carbonyl (C=O) groups is 2. The van der Waals surface area contributed by atoms with Gasteiger partial charge in [-0.1, -0.05) is 48.5 Å². The number of benzene rings is 3. The highest BCUT2D eigenvalue weighted by molar-refractivity contribution is 8.09. The van der Waals surface area contributed by atoms with E-state index in [9.17, 15) is 26.4 Å². The normalized spacial score (nSPS) is 13.8. The van der Waals surface area contributed by atoms with Gasteiger partial charge in [0.2, 0.25) is 0 Å². The van der Waals surface area contributed by atoms with Crippen molar-refractivity contribution in [3.8, 4) is 5.75 Å². The van der Waals surface area contributed by atoms with Crippen molar-refractivity contribution in [2.24, 2.45) is 0 Å². The Morgan fingerprint density at radius 2 is 1.28 bits per heavy atom. The van der Waals surface area contributed by atoms with Crippen LogP contribution in [0.4, 0.5) is 4.79 Å². The summed E-state index contributed by atoms with van der Waals surface area (Å²) in [4.78, 5) is 25.3. The molecule has 0 bridgehead atoms. The van der Waals surface area contributed by atoms with Crippen molar-refractivity contribution in [2.45, 2.75) is 52.7 Å². The number of nitrogens with one attached hydrogen (secondary N) is 1. The zero-order valence-corrected chi connectivity index (χ0v) is 23.7. The van der Waals surface area contributed by atoms with Crippen LogP contribution in [-0.2, 0) is 34.7 Å². The van der Waals surface area contributed by atoms with Crippen molar-refractivity contribution in [1.82, 2.24) is 5.32 Å². The van der Waals surface area contributed by atoms with E-state index in [-0.39, 0.29) is 15.4 Å². The summed E-state index contributed by atoms with van der Waals surface area (Å²) >= 11 is 0. The molecule has 0 aromatic heterocycles. The lowest BCUT2D eigenvalue weighted by Crippen LogP contribution is -2.52. The first-order chi connectivity index (χ1) is 18.2. The Hall–Kier alpha value is -3.70. The summed E-state index contributed by atoms with van der Waals surface area (Å²) < 4.78 is 64.1. The number of hydrogen-bond donors (Lipinski definition) is 1. The number of sulfone groups is 2. The second-order valence-corrected chi connectivity index (χ2v) is 14.4. The van der Waals surface area contributed by atoms with Gasteiger partial charge in [0.05, 0.1) is 16.9 Å². The minimum Gasteiger partial charge on any atom is -0.497 e. The maximum absolute atomic E-state index is 13.9. The molecule has 0 aliphatic rings. The van der Waals surface area contributed by atoms with Gasteiger partial charge in [-0.05, 0) is 62.7 Å². The van der Waals surface area contributed by atoms with Crippen LogP contribution in [0, 0.1) is 0 Å². The van der Waals surface area contributed by atoms with Crippen molar-refractivity contribution in [2.75, 3.05) is 7.11 Å². The molecular formula is C28H31NO8S2. The van der Waals surface area contributed by atoms with E-state index in [0.29, 0.717) is 12.0 Å². The van der Waals surface area contributed by atoms with E-state index in [1.165, 1.54) is 79.9 Å². The van der Waals surface area contributed by atoms with Gasteiger partial charge in [0.1, 0.15) is 23.2 Å². The molecule has 3 aromatic rings. The van der Waals surface area contributed by atoms with Crippen molar-refractivity contribution < 1.29 is 35.9 Å². The third kappa shape index (κ3) is 6.85. The molecule has 1 amide bonds. The summed E-state index contributed by atoms with van der Waals surface area (Å²) in [6, 6.07) is 20.1. The monoisotopic (exact) mass is 573 g/mol. The standard InChI is InChI=1S/C28H31NO8S2/c1-27(2,3)37-26(31)29-28(20-30,21-15-17-22(36-4)18-16-21)19-25(38(32,33)23-11-7-5-8-12-23)39(34,35)24-13-9-6-10-14-24/h5-18,20,25H,19H2,1-4H3,(H,29,31)/t28-/m1/s1. The molecule has 3 aromatic carbocycles. The van der Waals surface area contributed by atoms with Crippen LogP contribution in [0.25, 0.3) is 0 Å². The van der Waals surface area contributed by atoms with Crippen LogP contribution in [0.2, 0.25) is 0 Å². The lowest BCUT2D eigenvalue weighted by atomic mass is 9.88. The highest BCUT2D eigenvalue weighted by atomic mass is 32.3. The molecule has 9 nitrogen and oxygen atoms in total. The maximum Gasteiger partial charge on any atom is 0.408 e. The van der Waals surface area contributed by atoms with Crippen LogP contribution < -0.4 is 10.1 Å². The molecule has 0 heterocycles. The smallest absolute Gasteiger partial charge is 0.408 e. The zero-order valence-electron chi connectivity index (χ0n) is 22.0. The fourth-order valence-electron chi connectivity index (χ4n) is 3.93. The minimum absolute atomic E-state index is 0.140. The Kier molecular flexibility index (Phi) is 8.87. The minimum atomic E-state index is -4.61. The van der Waals surface area contributed by atoms with Gasteiger partial charge in [0.25, 0.3) is 0 Å². The van der Waals surface area contributed by atoms with Gasteiger partial charge in [-0.2, -0.15) is 0 Å². The number of aldehydes is 1. The van der Waals surface area contributed by atoms with E-state index in [1.54, 1.807) is 32.9 Å². The largest absolute Gasteiger partial charge is 0.497 e. The van der Waals surface area contributed by atoms with Crippen molar-refractivity contribution in [1.29, 1.82) is 0 Å². The molecule has 1 atom stereocenters. The van der Waals surface area contributed by atoms with E-state index in [4.69, 9.17) is 9.47 Å². The number of carbonyl (C=O) groups excluding carboxylic acids is 2. The van der Waals surface area contributed by atoms with Crippen LogP contribution in [0.3, 0.4) is 0 Å². The lowest BCUT2D eigenvalue weighted by molar-refractivity contribution is -0.114. The molecule has 0 saturated heterocycles. The van der Waals surface area contributed by atoms with Gasteiger partial charge in [0, 0.05) is 6.42 Å².